The van der Waals surface area contributed by atoms with Gasteiger partial charge < -0.3 is 15.0 Å². The Morgan fingerprint density at radius 3 is 2.30 bits per heavy atom. The summed E-state index contributed by atoms with van der Waals surface area (Å²) in [5, 5.41) is 2.43. The Bertz CT molecular complexity index is 562. The highest BCUT2D eigenvalue weighted by Crippen LogP contribution is 2.18. The fourth-order valence-corrected chi connectivity index (χ4v) is 3.14. The molecular formula is C20H28N2O+2. The number of nitrogens with two attached hydrogens (primary N) is 1. The predicted octanol–water partition coefficient (Wildman–Crippen LogP) is 0.722. The van der Waals surface area contributed by atoms with Crippen LogP contribution in [0.4, 0.5) is 0 Å². The molecule has 1 aliphatic heterocycles. The van der Waals surface area contributed by atoms with Crippen molar-refractivity contribution in [2.75, 3.05) is 39.4 Å². The van der Waals surface area contributed by atoms with E-state index >= 15 is 0 Å². The van der Waals surface area contributed by atoms with Crippen molar-refractivity contribution >= 4 is 0 Å². The van der Waals surface area contributed by atoms with Crippen LogP contribution < -0.4 is 10.2 Å². The first-order valence-corrected chi connectivity index (χ1v) is 8.79. The van der Waals surface area contributed by atoms with Crippen LogP contribution >= 0.6 is 0 Å². The van der Waals surface area contributed by atoms with Crippen molar-refractivity contribution < 1.29 is 15.0 Å². The van der Waals surface area contributed by atoms with Gasteiger partial charge in [-0.15, -0.1) is 0 Å². The van der Waals surface area contributed by atoms with Crippen LogP contribution in [0.1, 0.15) is 12.0 Å². The minimum absolute atomic E-state index is 0.937. The second-order valence-electron chi connectivity index (χ2n) is 6.31. The molecule has 0 saturated carbocycles. The summed E-state index contributed by atoms with van der Waals surface area (Å²) in [6.07, 6.45) is 1.29. The molecule has 2 aromatic carbocycles. The average Bonchev–Trinajstić information content (AvgIpc) is 2.64. The van der Waals surface area contributed by atoms with Gasteiger partial charge in [-0.05, 0) is 11.1 Å². The summed E-state index contributed by atoms with van der Waals surface area (Å²) in [5.41, 5.74) is 3.99. The lowest BCUT2D eigenvalue weighted by Gasteiger charge is -2.23. The smallest absolute Gasteiger partial charge is 0.101 e. The van der Waals surface area contributed by atoms with Crippen LogP contribution in [0.3, 0.4) is 0 Å². The second-order valence-corrected chi connectivity index (χ2v) is 6.31. The van der Waals surface area contributed by atoms with E-state index in [4.69, 9.17) is 4.74 Å². The van der Waals surface area contributed by atoms with Crippen LogP contribution in [0.25, 0.3) is 11.1 Å². The van der Waals surface area contributed by atoms with Crippen molar-refractivity contribution in [3.63, 3.8) is 0 Å². The van der Waals surface area contributed by atoms with E-state index in [0.29, 0.717) is 0 Å². The third-order valence-corrected chi connectivity index (χ3v) is 4.58. The fraction of sp³-hybridized carbons (Fsp3) is 0.400. The van der Waals surface area contributed by atoms with Crippen molar-refractivity contribution in [3.05, 3.63) is 60.2 Å². The predicted molar refractivity (Wildman–Crippen MR) is 93.4 cm³/mol. The van der Waals surface area contributed by atoms with E-state index in [1.54, 1.807) is 4.90 Å². The van der Waals surface area contributed by atoms with Gasteiger partial charge in [-0.3, -0.25) is 0 Å². The van der Waals surface area contributed by atoms with Gasteiger partial charge in [0, 0.05) is 12.0 Å². The van der Waals surface area contributed by atoms with Gasteiger partial charge in [-0.2, -0.15) is 0 Å². The Labute approximate surface area is 139 Å². The number of rotatable bonds is 7. The fourth-order valence-electron chi connectivity index (χ4n) is 3.14. The van der Waals surface area contributed by atoms with E-state index in [9.17, 15) is 0 Å². The van der Waals surface area contributed by atoms with Crippen molar-refractivity contribution in [2.24, 2.45) is 0 Å². The van der Waals surface area contributed by atoms with Crippen molar-refractivity contribution in [2.45, 2.75) is 13.0 Å². The summed E-state index contributed by atoms with van der Waals surface area (Å²) in [6, 6.07) is 19.5. The molecule has 0 aromatic heterocycles. The largest absolute Gasteiger partial charge is 0.370 e. The van der Waals surface area contributed by atoms with Crippen LogP contribution in [0.5, 0.6) is 0 Å². The van der Waals surface area contributed by atoms with E-state index in [2.05, 4.69) is 59.9 Å². The van der Waals surface area contributed by atoms with Crippen LogP contribution in [0.15, 0.2) is 54.6 Å². The maximum absolute atomic E-state index is 5.40. The highest BCUT2D eigenvalue weighted by Gasteiger charge is 2.12. The maximum Gasteiger partial charge on any atom is 0.101 e. The molecule has 0 aliphatic carbocycles. The van der Waals surface area contributed by atoms with Crippen molar-refractivity contribution in [1.82, 2.24) is 0 Å². The first-order chi connectivity index (χ1) is 11.4. The summed E-state index contributed by atoms with van der Waals surface area (Å²) < 4.78 is 5.40. The lowest BCUT2D eigenvalue weighted by Crippen LogP contribution is -3.14. The lowest BCUT2D eigenvalue weighted by molar-refractivity contribution is -0.909. The van der Waals surface area contributed by atoms with Gasteiger partial charge in [0.2, 0.25) is 0 Å². The number of ether oxygens (including phenoxy) is 1. The molecule has 0 atom stereocenters. The van der Waals surface area contributed by atoms with E-state index in [-0.39, 0.29) is 0 Å². The molecule has 1 heterocycles. The minimum atomic E-state index is 0.937. The van der Waals surface area contributed by atoms with Gasteiger partial charge in [-0.25, -0.2) is 0 Å². The van der Waals surface area contributed by atoms with Gasteiger partial charge >= 0.3 is 0 Å². The van der Waals surface area contributed by atoms with Crippen LogP contribution in [-0.2, 0) is 11.3 Å². The van der Waals surface area contributed by atoms with Gasteiger partial charge in [0.1, 0.15) is 19.6 Å². The summed E-state index contributed by atoms with van der Waals surface area (Å²) >= 11 is 0. The zero-order chi connectivity index (χ0) is 15.7. The molecule has 122 valence electrons. The lowest BCUT2D eigenvalue weighted by atomic mass is 10.0. The van der Waals surface area contributed by atoms with Crippen molar-refractivity contribution in [1.29, 1.82) is 0 Å². The van der Waals surface area contributed by atoms with Crippen LogP contribution in [0.2, 0.25) is 0 Å². The molecule has 0 radical (unpaired) electrons. The number of quaternary nitrogens is 2. The molecule has 1 aliphatic rings. The second kappa shape index (κ2) is 8.82. The zero-order valence-corrected chi connectivity index (χ0v) is 13.8. The van der Waals surface area contributed by atoms with Gasteiger partial charge in [0.05, 0.1) is 26.3 Å². The average molecular weight is 312 g/mol. The van der Waals surface area contributed by atoms with Crippen LogP contribution in [-0.4, -0.2) is 39.4 Å². The maximum atomic E-state index is 5.40. The Kier molecular flexibility index (Phi) is 6.21. The normalized spacial score (nSPS) is 15.7. The molecule has 0 amide bonds. The molecule has 23 heavy (non-hydrogen) atoms. The molecule has 2 aromatic rings. The van der Waals surface area contributed by atoms with Crippen molar-refractivity contribution in [3.8, 4) is 11.1 Å². The van der Waals surface area contributed by atoms with E-state index in [1.165, 1.54) is 49.3 Å². The first kappa shape index (κ1) is 16.2. The Balaban J connectivity index is 1.37. The van der Waals surface area contributed by atoms with Gasteiger partial charge in [-0.1, -0.05) is 54.6 Å². The van der Waals surface area contributed by atoms with Crippen LogP contribution in [0, 0.1) is 0 Å². The molecule has 1 fully saturated rings. The highest BCUT2D eigenvalue weighted by atomic mass is 16.5. The molecule has 0 spiro atoms. The quantitative estimate of drug-likeness (QED) is 0.725. The third-order valence-electron chi connectivity index (χ3n) is 4.58. The summed E-state index contributed by atoms with van der Waals surface area (Å²) in [7, 11) is 0. The molecule has 3 rings (SSSR count). The molecule has 0 bridgehead atoms. The SMILES string of the molecule is c1ccc(-c2ccc(C[NH2+]CCC[NH+]3CCOCC3)cc2)cc1. The number of hydrogen-bond acceptors (Lipinski definition) is 1. The molecule has 1 saturated heterocycles. The third kappa shape index (κ3) is 5.17. The van der Waals surface area contributed by atoms with Gasteiger partial charge in [0.25, 0.3) is 0 Å². The number of nitrogens with one attached hydrogen (secondary N) is 1. The number of morpholine rings is 1. The molecule has 3 N–H and O–H groups in total. The minimum Gasteiger partial charge on any atom is -0.370 e. The van der Waals surface area contributed by atoms with E-state index in [0.717, 1.165) is 19.8 Å². The standard InChI is InChI=1S/C20H26N2O/c1-2-5-19(6-3-1)20-9-7-18(8-10-20)17-21-11-4-12-22-13-15-23-16-14-22/h1-3,5-10,21H,4,11-17H2/p+2. The first-order valence-electron chi connectivity index (χ1n) is 8.79. The Morgan fingerprint density at radius 2 is 1.57 bits per heavy atom. The topological polar surface area (TPSA) is 30.3 Å². The van der Waals surface area contributed by atoms with E-state index < -0.39 is 0 Å². The van der Waals surface area contributed by atoms with Gasteiger partial charge in [0.15, 0.2) is 0 Å². The number of hydrogen-bond donors (Lipinski definition) is 2. The number of benzene rings is 2. The Morgan fingerprint density at radius 1 is 0.870 bits per heavy atom. The monoisotopic (exact) mass is 312 g/mol. The molecule has 3 nitrogen and oxygen atoms in total. The summed E-state index contributed by atoms with van der Waals surface area (Å²) in [4.78, 5) is 1.71. The molecular weight excluding hydrogens is 284 g/mol. The summed E-state index contributed by atoms with van der Waals surface area (Å²) in [6.45, 7) is 7.81. The Hall–Kier alpha value is -1.68. The summed E-state index contributed by atoms with van der Waals surface area (Å²) in [5.74, 6) is 0. The highest BCUT2D eigenvalue weighted by molar-refractivity contribution is 5.63. The molecule has 3 heteroatoms. The zero-order valence-electron chi connectivity index (χ0n) is 13.8. The molecule has 0 unspecified atom stereocenters. The van der Waals surface area contributed by atoms with E-state index in [1.807, 2.05) is 0 Å².